The lowest BCUT2D eigenvalue weighted by molar-refractivity contribution is -0.161. The summed E-state index contributed by atoms with van der Waals surface area (Å²) in [7, 11) is -9.90. The van der Waals surface area contributed by atoms with Crippen LogP contribution in [0.4, 0.5) is 0 Å². The highest BCUT2D eigenvalue weighted by Crippen LogP contribution is 2.45. The summed E-state index contributed by atoms with van der Waals surface area (Å²) in [6.45, 7) is 7.23. The van der Waals surface area contributed by atoms with Crippen molar-refractivity contribution in [2.24, 2.45) is 5.92 Å². The van der Waals surface area contributed by atoms with Gasteiger partial charge in [0.05, 0.1) is 26.4 Å². The number of carbonyl (C=O) groups is 4. The van der Waals surface area contributed by atoms with Gasteiger partial charge in [-0.15, -0.1) is 0 Å². The van der Waals surface area contributed by atoms with Crippen molar-refractivity contribution in [1.29, 1.82) is 0 Å². The third kappa shape index (κ3) is 68.4. The number of ether oxygens (including phenoxy) is 4. The molecule has 0 aliphatic carbocycles. The van der Waals surface area contributed by atoms with Crippen LogP contribution in [-0.2, 0) is 65.4 Å². The van der Waals surface area contributed by atoms with Crippen molar-refractivity contribution in [3.05, 3.63) is 0 Å². The van der Waals surface area contributed by atoms with Crippen molar-refractivity contribution in [3.8, 4) is 0 Å². The van der Waals surface area contributed by atoms with E-state index in [2.05, 4.69) is 34.6 Å². The molecule has 0 aromatic rings. The Kier molecular flexibility index (Phi) is 65.9. The van der Waals surface area contributed by atoms with Gasteiger partial charge in [0, 0.05) is 25.7 Å². The fourth-order valence-corrected chi connectivity index (χ4v) is 12.9. The molecule has 0 aliphatic heterocycles. The topological polar surface area (TPSA) is 237 Å². The first kappa shape index (κ1) is 91.1. The average molecular weight is 1370 g/mol. The van der Waals surface area contributed by atoms with E-state index < -0.39 is 97.5 Å². The molecule has 0 radical (unpaired) electrons. The van der Waals surface area contributed by atoms with E-state index in [1.807, 2.05) is 0 Å². The van der Waals surface area contributed by atoms with Gasteiger partial charge < -0.3 is 33.8 Å². The molecule has 0 bridgehead atoms. The number of phosphoric acid groups is 2. The fourth-order valence-electron chi connectivity index (χ4n) is 11.4. The maximum atomic E-state index is 13.1. The number of carbonyl (C=O) groups excluding carboxylic acids is 4. The Morgan fingerprint density at radius 3 is 0.731 bits per heavy atom. The Labute approximate surface area is 568 Å². The lowest BCUT2D eigenvalue weighted by Crippen LogP contribution is -2.30. The zero-order chi connectivity index (χ0) is 68.4. The van der Waals surface area contributed by atoms with Crippen molar-refractivity contribution < 1.29 is 80.2 Å². The average Bonchev–Trinajstić information content (AvgIpc) is 2.09. The molecule has 0 aromatic carbocycles. The van der Waals surface area contributed by atoms with Gasteiger partial charge >= 0.3 is 39.5 Å². The summed E-state index contributed by atoms with van der Waals surface area (Å²) in [6.07, 6.45) is 55.5. The number of hydrogen-bond donors (Lipinski definition) is 3. The molecule has 0 spiro atoms. The highest BCUT2D eigenvalue weighted by atomic mass is 31.2. The van der Waals surface area contributed by atoms with E-state index in [0.29, 0.717) is 25.7 Å². The predicted octanol–water partition coefficient (Wildman–Crippen LogP) is 21.7. The smallest absolute Gasteiger partial charge is 0.462 e. The second-order valence-electron chi connectivity index (χ2n) is 27.2. The minimum atomic E-state index is -4.95. The van der Waals surface area contributed by atoms with Gasteiger partial charge in [-0.1, -0.05) is 336 Å². The molecule has 0 rings (SSSR count). The first-order valence-corrected chi connectivity index (χ1v) is 41.6. The predicted molar refractivity (Wildman–Crippen MR) is 377 cm³/mol. The van der Waals surface area contributed by atoms with E-state index in [-0.39, 0.29) is 25.7 Å². The van der Waals surface area contributed by atoms with Gasteiger partial charge in [-0.2, -0.15) is 0 Å². The SMILES string of the molecule is CCCCCCCCCCCCCCCCCCCCC(=O)O[C@H](COC(=O)CCCCCCCCCCCCCCCC)COP(=O)(O)OC[C@@H](O)COP(=O)(O)OC[C@@H](COC(=O)CCCCCCCCCCCC)OC(=O)CCCCCCCCCCC(C)C. The number of aliphatic hydroxyl groups is 1. The van der Waals surface area contributed by atoms with Gasteiger partial charge in [0.2, 0.25) is 0 Å². The summed E-state index contributed by atoms with van der Waals surface area (Å²) < 4.78 is 68.4. The molecule has 0 saturated heterocycles. The van der Waals surface area contributed by atoms with Crippen LogP contribution < -0.4 is 0 Å². The van der Waals surface area contributed by atoms with Gasteiger partial charge in [0.1, 0.15) is 19.3 Å². The molecule has 5 atom stereocenters. The minimum absolute atomic E-state index is 0.105. The molecule has 93 heavy (non-hydrogen) atoms. The Balaban J connectivity index is 5.23. The molecule has 17 nitrogen and oxygen atoms in total. The Morgan fingerprint density at radius 2 is 0.495 bits per heavy atom. The maximum Gasteiger partial charge on any atom is 0.472 e. The zero-order valence-corrected chi connectivity index (χ0v) is 62.2. The third-order valence-electron chi connectivity index (χ3n) is 17.3. The second-order valence-corrected chi connectivity index (χ2v) is 30.1. The maximum absolute atomic E-state index is 13.1. The van der Waals surface area contributed by atoms with E-state index in [9.17, 15) is 43.2 Å². The van der Waals surface area contributed by atoms with Gasteiger partial charge in [0.25, 0.3) is 0 Å². The number of aliphatic hydroxyl groups excluding tert-OH is 1. The number of phosphoric ester groups is 2. The molecule has 552 valence electrons. The highest BCUT2D eigenvalue weighted by Gasteiger charge is 2.30. The first-order chi connectivity index (χ1) is 45.0. The summed E-state index contributed by atoms with van der Waals surface area (Å²) >= 11 is 0. The van der Waals surface area contributed by atoms with Crippen LogP contribution >= 0.6 is 15.6 Å². The molecule has 0 heterocycles. The van der Waals surface area contributed by atoms with E-state index in [0.717, 1.165) is 95.8 Å². The summed E-state index contributed by atoms with van der Waals surface area (Å²) in [6, 6.07) is 0. The van der Waals surface area contributed by atoms with Crippen molar-refractivity contribution in [3.63, 3.8) is 0 Å². The second kappa shape index (κ2) is 67.3. The molecule has 0 aromatic heterocycles. The fraction of sp³-hybridized carbons (Fsp3) is 0.946. The van der Waals surface area contributed by atoms with Gasteiger partial charge in [-0.25, -0.2) is 9.13 Å². The van der Waals surface area contributed by atoms with E-state index in [4.69, 9.17) is 37.0 Å². The van der Waals surface area contributed by atoms with Crippen molar-refractivity contribution in [2.45, 2.75) is 406 Å². The van der Waals surface area contributed by atoms with Crippen molar-refractivity contribution in [1.82, 2.24) is 0 Å². The molecule has 0 fully saturated rings. The lowest BCUT2D eigenvalue weighted by atomic mass is 10.0. The number of unbranched alkanes of at least 4 members (excludes halogenated alkanes) is 46. The Hall–Kier alpha value is -1.94. The molecule has 2 unspecified atom stereocenters. The van der Waals surface area contributed by atoms with Crippen molar-refractivity contribution in [2.75, 3.05) is 39.6 Å². The highest BCUT2D eigenvalue weighted by molar-refractivity contribution is 7.47. The summed E-state index contributed by atoms with van der Waals surface area (Å²) in [5.74, 6) is -1.40. The van der Waals surface area contributed by atoms with E-state index in [1.165, 1.54) is 212 Å². The van der Waals surface area contributed by atoms with Crippen molar-refractivity contribution >= 4 is 39.5 Å². The van der Waals surface area contributed by atoms with E-state index in [1.54, 1.807) is 0 Å². The molecule has 19 heteroatoms. The van der Waals surface area contributed by atoms with Gasteiger partial charge in [-0.05, 0) is 31.6 Å². The Bertz CT molecular complexity index is 1790. The third-order valence-corrected chi connectivity index (χ3v) is 19.2. The van der Waals surface area contributed by atoms with Crippen LogP contribution in [0, 0.1) is 5.92 Å². The molecule has 0 saturated carbocycles. The van der Waals surface area contributed by atoms with Crippen LogP contribution in [0.15, 0.2) is 0 Å². The van der Waals surface area contributed by atoms with Crippen LogP contribution in [0.1, 0.15) is 388 Å². The number of rotatable bonds is 74. The largest absolute Gasteiger partial charge is 0.472 e. The zero-order valence-electron chi connectivity index (χ0n) is 60.4. The van der Waals surface area contributed by atoms with Crippen LogP contribution in [-0.4, -0.2) is 96.7 Å². The van der Waals surface area contributed by atoms with Crippen LogP contribution in [0.2, 0.25) is 0 Å². The number of hydrogen-bond acceptors (Lipinski definition) is 15. The molecular weight excluding hydrogens is 1220 g/mol. The lowest BCUT2D eigenvalue weighted by Gasteiger charge is -2.21. The van der Waals surface area contributed by atoms with E-state index >= 15 is 0 Å². The molecule has 0 amide bonds. The minimum Gasteiger partial charge on any atom is -0.462 e. The molecule has 3 N–H and O–H groups in total. The van der Waals surface area contributed by atoms with Crippen LogP contribution in [0.5, 0.6) is 0 Å². The van der Waals surface area contributed by atoms with Crippen LogP contribution in [0.25, 0.3) is 0 Å². The van der Waals surface area contributed by atoms with Gasteiger partial charge in [0.15, 0.2) is 12.2 Å². The molecular formula is C74H144O17P2. The number of esters is 4. The normalized spacial score (nSPS) is 14.0. The monoisotopic (exact) mass is 1370 g/mol. The summed E-state index contributed by atoms with van der Waals surface area (Å²) in [5.41, 5.74) is 0. The van der Waals surface area contributed by atoms with Crippen LogP contribution in [0.3, 0.4) is 0 Å². The Morgan fingerprint density at radius 1 is 0.290 bits per heavy atom. The summed E-state index contributed by atoms with van der Waals surface area (Å²) in [5, 5.41) is 10.6. The first-order valence-electron chi connectivity index (χ1n) is 38.6. The standard InChI is InChI=1S/C74H144O17P2/c1-6-9-12-15-18-21-24-26-28-29-30-31-33-35-38-44-49-54-59-73(78)90-69(63-85-72(77)58-53-48-43-37-34-32-27-25-22-19-16-13-10-7-2)65-88-92(80,81)86-61-68(75)62-87-93(82,83)89-66-70(64-84-71(76)57-52-47-42-36-23-20-17-14-11-8-3)91-74(79)60-55-50-45-40-39-41-46-51-56-67(4)5/h67-70,75H,6-66H2,1-5H3,(H,80,81)(H,82,83)/t68-,69-,70-/m1/s1. The van der Waals surface area contributed by atoms with Gasteiger partial charge in [-0.3, -0.25) is 37.3 Å². The quantitative estimate of drug-likeness (QED) is 0.0222. The summed E-state index contributed by atoms with van der Waals surface area (Å²) in [4.78, 5) is 72.7. The molecule has 0 aliphatic rings.